The van der Waals surface area contributed by atoms with E-state index >= 15 is 0 Å². The van der Waals surface area contributed by atoms with Crippen LogP contribution in [0.2, 0.25) is 0 Å². The van der Waals surface area contributed by atoms with Crippen LogP contribution >= 0.6 is 0 Å². The molecule has 0 fully saturated rings. The topological polar surface area (TPSA) is 70.4 Å². The summed E-state index contributed by atoms with van der Waals surface area (Å²) in [5.41, 5.74) is 1.76. The molecule has 0 aliphatic heterocycles. The fourth-order valence-electron chi connectivity index (χ4n) is 3.00. The highest BCUT2D eigenvalue weighted by Gasteiger charge is 2.20. The molecule has 0 saturated carbocycles. The van der Waals surface area contributed by atoms with Gasteiger partial charge in [0.15, 0.2) is 0 Å². The fourth-order valence-corrected chi connectivity index (χ4v) is 3.00. The van der Waals surface area contributed by atoms with Crippen molar-refractivity contribution in [2.24, 2.45) is 11.8 Å². The minimum absolute atomic E-state index is 0.0932. The van der Waals surface area contributed by atoms with Gasteiger partial charge in [0, 0.05) is 19.6 Å². The van der Waals surface area contributed by atoms with E-state index in [1.165, 1.54) is 0 Å². The Morgan fingerprint density at radius 1 is 1.15 bits per heavy atom. The highest BCUT2D eigenvalue weighted by atomic mass is 16.3. The first-order chi connectivity index (χ1) is 12.3. The van der Waals surface area contributed by atoms with E-state index in [0.717, 1.165) is 24.1 Å². The molecule has 26 heavy (non-hydrogen) atoms. The number of aliphatic hydroxyl groups is 1. The molecule has 1 atom stereocenters. The first kappa shape index (κ1) is 20.2. The third-order valence-corrected chi connectivity index (χ3v) is 4.03. The number of hydrogen-bond donors (Lipinski definition) is 2. The summed E-state index contributed by atoms with van der Waals surface area (Å²) in [5, 5.41) is 12.7. The number of imidazole rings is 1. The summed E-state index contributed by atoms with van der Waals surface area (Å²) in [6, 6.07) is 7.79. The Hall–Kier alpha value is -2.08. The molecule has 0 radical (unpaired) electrons. The van der Waals surface area contributed by atoms with Gasteiger partial charge >= 0.3 is 0 Å². The highest BCUT2D eigenvalue weighted by Crippen LogP contribution is 2.20. The number of benzene rings is 1. The molecule has 0 aliphatic carbocycles. The van der Waals surface area contributed by atoms with Gasteiger partial charge in [-0.2, -0.15) is 0 Å². The Balaban J connectivity index is 2.28. The summed E-state index contributed by atoms with van der Waals surface area (Å²) in [6.45, 7) is 12.4. The number of hydrogen-bond acceptors (Lipinski definition) is 4. The lowest BCUT2D eigenvalue weighted by Gasteiger charge is -2.27. The monoisotopic (exact) mass is 360 g/mol. The zero-order valence-corrected chi connectivity index (χ0v) is 16.6. The van der Waals surface area contributed by atoms with Gasteiger partial charge in [0.2, 0.25) is 11.9 Å². The van der Waals surface area contributed by atoms with Crippen LogP contribution in [0.25, 0.3) is 11.0 Å². The molecule has 1 heterocycles. The quantitative estimate of drug-likeness (QED) is 0.721. The molecule has 2 aromatic rings. The molecule has 2 rings (SSSR count). The zero-order chi connectivity index (χ0) is 19.3. The van der Waals surface area contributed by atoms with Crippen molar-refractivity contribution in [3.05, 3.63) is 24.3 Å². The van der Waals surface area contributed by atoms with Crippen LogP contribution in [-0.2, 0) is 11.3 Å². The Kier molecular flexibility index (Phi) is 7.03. The van der Waals surface area contributed by atoms with Gasteiger partial charge in [-0.15, -0.1) is 0 Å². The number of fused-ring (bicyclic) bond motifs is 1. The van der Waals surface area contributed by atoms with Crippen molar-refractivity contribution in [3.63, 3.8) is 0 Å². The van der Waals surface area contributed by atoms with Crippen molar-refractivity contribution in [2.45, 2.75) is 47.3 Å². The van der Waals surface area contributed by atoms with Crippen molar-refractivity contribution in [3.8, 4) is 0 Å². The number of rotatable bonds is 9. The van der Waals surface area contributed by atoms with E-state index in [9.17, 15) is 9.90 Å². The molecule has 0 bridgehead atoms. The van der Waals surface area contributed by atoms with Crippen LogP contribution in [0.4, 0.5) is 5.95 Å². The van der Waals surface area contributed by atoms with E-state index in [2.05, 4.69) is 38.0 Å². The smallest absolute Gasteiger partial charge is 0.242 e. The van der Waals surface area contributed by atoms with Crippen LogP contribution in [0, 0.1) is 11.8 Å². The SMILES string of the molecule is CC(C)CN(CC(C)C)C(=O)Cn1c(NCC(C)O)nc2ccccc21. The van der Waals surface area contributed by atoms with Crippen LogP contribution in [0.15, 0.2) is 24.3 Å². The van der Waals surface area contributed by atoms with Gasteiger partial charge in [-0.05, 0) is 30.9 Å². The average molecular weight is 361 g/mol. The summed E-state index contributed by atoms with van der Waals surface area (Å²) >= 11 is 0. The summed E-state index contributed by atoms with van der Waals surface area (Å²) < 4.78 is 1.91. The van der Waals surface area contributed by atoms with Gasteiger partial charge in [-0.1, -0.05) is 39.8 Å². The molecule has 1 aromatic carbocycles. The molecule has 0 saturated heterocycles. The highest BCUT2D eigenvalue weighted by molar-refractivity contribution is 5.83. The normalized spacial score (nSPS) is 12.8. The van der Waals surface area contributed by atoms with E-state index in [-0.39, 0.29) is 12.5 Å². The fraction of sp³-hybridized carbons (Fsp3) is 0.600. The van der Waals surface area contributed by atoms with Gasteiger partial charge in [0.1, 0.15) is 6.54 Å². The molecule has 1 unspecified atom stereocenters. The lowest BCUT2D eigenvalue weighted by atomic mass is 10.1. The van der Waals surface area contributed by atoms with Crippen LogP contribution in [0.5, 0.6) is 0 Å². The minimum atomic E-state index is -0.489. The summed E-state index contributed by atoms with van der Waals surface area (Å²) in [7, 11) is 0. The van der Waals surface area contributed by atoms with Crippen molar-refractivity contribution < 1.29 is 9.90 Å². The second kappa shape index (κ2) is 9.03. The molecule has 1 aromatic heterocycles. The number of carbonyl (C=O) groups excluding carboxylic acids is 1. The third-order valence-electron chi connectivity index (χ3n) is 4.03. The standard InChI is InChI=1S/C20H32N4O2/c1-14(2)11-23(12-15(3)4)19(26)13-24-18-9-7-6-8-17(18)22-20(24)21-10-16(5)25/h6-9,14-16,25H,10-13H2,1-5H3,(H,21,22). The minimum Gasteiger partial charge on any atom is -0.392 e. The molecular weight excluding hydrogens is 328 g/mol. The maximum atomic E-state index is 13.0. The molecule has 6 nitrogen and oxygen atoms in total. The van der Waals surface area contributed by atoms with Crippen molar-refractivity contribution in [1.82, 2.24) is 14.5 Å². The van der Waals surface area contributed by atoms with E-state index in [1.807, 2.05) is 33.7 Å². The van der Waals surface area contributed by atoms with Crippen molar-refractivity contribution in [2.75, 3.05) is 25.0 Å². The first-order valence-electron chi connectivity index (χ1n) is 9.42. The molecular formula is C20H32N4O2. The average Bonchev–Trinajstić information content (AvgIpc) is 2.89. The molecule has 144 valence electrons. The molecule has 0 aliphatic rings. The number of anilines is 1. The second-order valence-corrected chi connectivity index (χ2v) is 7.83. The predicted molar refractivity (Wildman–Crippen MR) is 106 cm³/mol. The molecule has 1 amide bonds. The number of aromatic nitrogens is 2. The Labute approximate surface area is 156 Å². The summed E-state index contributed by atoms with van der Waals surface area (Å²) in [4.78, 5) is 19.6. The number of nitrogens with one attached hydrogen (secondary N) is 1. The van der Waals surface area contributed by atoms with E-state index in [1.54, 1.807) is 6.92 Å². The Morgan fingerprint density at radius 2 is 1.77 bits per heavy atom. The molecule has 2 N–H and O–H groups in total. The largest absolute Gasteiger partial charge is 0.392 e. The van der Waals surface area contributed by atoms with E-state index in [4.69, 9.17) is 0 Å². The van der Waals surface area contributed by atoms with Gasteiger partial charge in [-0.25, -0.2) is 4.98 Å². The summed E-state index contributed by atoms with van der Waals surface area (Å²) in [5.74, 6) is 1.56. The van der Waals surface area contributed by atoms with Crippen LogP contribution in [0.3, 0.4) is 0 Å². The van der Waals surface area contributed by atoms with Gasteiger partial charge in [-0.3, -0.25) is 4.79 Å². The maximum absolute atomic E-state index is 13.0. The number of carbonyl (C=O) groups is 1. The lowest BCUT2D eigenvalue weighted by Crippen LogP contribution is -2.39. The Morgan fingerprint density at radius 3 is 2.35 bits per heavy atom. The second-order valence-electron chi connectivity index (χ2n) is 7.83. The summed E-state index contributed by atoms with van der Waals surface area (Å²) in [6.07, 6.45) is -0.489. The number of para-hydroxylation sites is 2. The van der Waals surface area contributed by atoms with Crippen LogP contribution in [-0.4, -0.2) is 51.2 Å². The molecule has 0 spiro atoms. The number of nitrogens with zero attached hydrogens (tertiary/aromatic N) is 3. The van der Waals surface area contributed by atoms with Crippen molar-refractivity contribution >= 4 is 22.9 Å². The maximum Gasteiger partial charge on any atom is 0.242 e. The van der Waals surface area contributed by atoms with E-state index in [0.29, 0.717) is 24.3 Å². The first-order valence-corrected chi connectivity index (χ1v) is 9.42. The lowest BCUT2D eigenvalue weighted by molar-refractivity contribution is -0.132. The molecule has 6 heteroatoms. The van der Waals surface area contributed by atoms with Gasteiger partial charge in [0.05, 0.1) is 17.1 Å². The van der Waals surface area contributed by atoms with Gasteiger partial charge in [0.25, 0.3) is 0 Å². The van der Waals surface area contributed by atoms with Crippen molar-refractivity contribution in [1.29, 1.82) is 0 Å². The predicted octanol–water partition coefficient (Wildman–Crippen LogP) is 2.97. The van der Waals surface area contributed by atoms with Crippen LogP contribution < -0.4 is 5.32 Å². The van der Waals surface area contributed by atoms with Gasteiger partial charge < -0.3 is 19.9 Å². The van der Waals surface area contributed by atoms with Crippen LogP contribution in [0.1, 0.15) is 34.6 Å². The Bertz CT molecular complexity index is 712. The third kappa shape index (κ3) is 5.46. The number of aliphatic hydroxyl groups excluding tert-OH is 1. The van der Waals surface area contributed by atoms with E-state index < -0.39 is 6.10 Å². The number of amides is 1. The zero-order valence-electron chi connectivity index (χ0n) is 16.6.